The van der Waals surface area contributed by atoms with E-state index in [-0.39, 0.29) is 0 Å². The number of nitrogens with one attached hydrogen (secondary N) is 1. The zero-order valence-corrected chi connectivity index (χ0v) is 11.4. The molecule has 0 bridgehead atoms. The Morgan fingerprint density at radius 2 is 2.29 bits per heavy atom. The number of hydrogen-bond acceptors (Lipinski definition) is 2. The molecular weight excluding hydrogens is 254 g/mol. The topological polar surface area (TPSA) is 18.5 Å². The highest BCUT2D eigenvalue weighted by atomic mass is 35.5. The summed E-state index contributed by atoms with van der Waals surface area (Å²) in [6.45, 7) is 4.88. The van der Waals surface area contributed by atoms with Crippen LogP contribution < -0.4 is 10.2 Å². The molecule has 1 N–H and O–H groups in total. The van der Waals surface area contributed by atoms with E-state index in [1.54, 1.807) is 0 Å². The molecule has 0 amide bonds. The van der Waals surface area contributed by atoms with Crippen LogP contribution >= 0.6 is 23.8 Å². The second-order valence-corrected chi connectivity index (χ2v) is 4.91. The van der Waals surface area contributed by atoms with Gasteiger partial charge in [-0.3, -0.25) is 4.90 Å². The average Bonchev–Trinajstić information content (AvgIpc) is 2.32. The fraction of sp³-hybridized carbons (Fsp3) is 0.417. The molecule has 0 aliphatic carbocycles. The van der Waals surface area contributed by atoms with E-state index in [1.165, 1.54) is 0 Å². The van der Waals surface area contributed by atoms with Gasteiger partial charge in [-0.15, -0.1) is 0 Å². The van der Waals surface area contributed by atoms with Crippen LogP contribution in [-0.4, -0.2) is 29.9 Å². The van der Waals surface area contributed by atoms with Crippen LogP contribution in [0.3, 0.4) is 0 Å². The predicted octanol–water partition coefficient (Wildman–Crippen LogP) is 2.66. The van der Waals surface area contributed by atoms with Gasteiger partial charge in [0.25, 0.3) is 0 Å². The third-order valence-electron chi connectivity index (χ3n) is 2.70. The maximum Gasteiger partial charge on any atom is 0.175 e. The largest absolute Gasteiger partial charge is 0.349 e. The number of thiocarbonyl (C=S) groups is 1. The van der Waals surface area contributed by atoms with E-state index in [0.29, 0.717) is 0 Å². The molecule has 1 fully saturated rings. The molecule has 0 unspecified atom stereocenters. The summed E-state index contributed by atoms with van der Waals surface area (Å²) in [4.78, 5) is 4.39. The van der Waals surface area contributed by atoms with Gasteiger partial charge in [-0.25, -0.2) is 0 Å². The SMILES string of the molecule is CCCN1CNC(=S)N(c2cccc(Cl)c2)C1. The van der Waals surface area contributed by atoms with Gasteiger partial charge in [0.1, 0.15) is 0 Å². The summed E-state index contributed by atoms with van der Waals surface area (Å²) >= 11 is 11.3. The van der Waals surface area contributed by atoms with Gasteiger partial charge >= 0.3 is 0 Å². The number of nitrogens with zero attached hydrogens (tertiary/aromatic N) is 2. The molecule has 17 heavy (non-hydrogen) atoms. The molecule has 1 aliphatic rings. The Morgan fingerprint density at radius 1 is 1.47 bits per heavy atom. The van der Waals surface area contributed by atoms with Crippen molar-refractivity contribution in [1.82, 2.24) is 10.2 Å². The van der Waals surface area contributed by atoms with Gasteiger partial charge in [0, 0.05) is 17.3 Å². The Balaban J connectivity index is 2.15. The minimum absolute atomic E-state index is 0.734. The van der Waals surface area contributed by atoms with E-state index in [4.69, 9.17) is 23.8 Å². The highest BCUT2D eigenvalue weighted by Crippen LogP contribution is 2.21. The molecule has 5 heteroatoms. The Labute approximate surface area is 112 Å². The summed E-state index contributed by atoms with van der Waals surface area (Å²) in [5, 5.41) is 4.72. The lowest BCUT2D eigenvalue weighted by Gasteiger charge is -2.37. The molecule has 0 aromatic heterocycles. The van der Waals surface area contributed by atoms with Crippen LogP contribution in [-0.2, 0) is 0 Å². The Bertz CT molecular complexity index is 410. The zero-order chi connectivity index (χ0) is 12.3. The van der Waals surface area contributed by atoms with Crippen molar-refractivity contribution in [3.05, 3.63) is 29.3 Å². The summed E-state index contributed by atoms with van der Waals surface area (Å²) in [5.74, 6) is 0. The van der Waals surface area contributed by atoms with Crippen molar-refractivity contribution in [2.45, 2.75) is 13.3 Å². The standard InChI is InChI=1S/C12H16ClN3S/c1-2-6-15-8-14-12(17)16(9-15)11-5-3-4-10(13)7-11/h3-5,7H,2,6,8-9H2,1H3,(H,14,17). The first-order valence-corrected chi connectivity index (χ1v) is 6.52. The summed E-state index contributed by atoms with van der Waals surface area (Å²) < 4.78 is 0. The molecule has 3 nitrogen and oxygen atoms in total. The van der Waals surface area contributed by atoms with Crippen molar-refractivity contribution < 1.29 is 0 Å². The second-order valence-electron chi connectivity index (χ2n) is 4.08. The maximum atomic E-state index is 6.01. The maximum absolute atomic E-state index is 6.01. The molecule has 0 saturated carbocycles. The summed E-state index contributed by atoms with van der Waals surface area (Å²) in [7, 11) is 0. The lowest BCUT2D eigenvalue weighted by Crippen LogP contribution is -2.56. The number of hydrogen-bond donors (Lipinski definition) is 1. The summed E-state index contributed by atoms with van der Waals surface area (Å²) in [5.41, 5.74) is 1.04. The minimum Gasteiger partial charge on any atom is -0.349 e. The van der Waals surface area contributed by atoms with Crippen LogP contribution in [0.4, 0.5) is 5.69 Å². The predicted molar refractivity (Wildman–Crippen MR) is 76.4 cm³/mol. The first-order valence-electron chi connectivity index (χ1n) is 5.74. The van der Waals surface area contributed by atoms with Crippen LogP contribution in [0.25, 0.3) is 0 Å². The van der Waals surface area contributed by atoms with Gasteiger partial charge in [-0.05, 0) is 36.8 Å². The molecule has 1 aliphatic heterocycles. The second kappa shape index (κ2) is 5.67. The monoisotopic (exact) mass is 269 g/mol. The van der Waals surface area contributed by atoms with Gasteiger partial charge in [-0.1, -0.05) is 24.6 Å². The molecule has 0 atom stereocenters. The third kappa shape index (κ3) is 3.09. The molecule has 0 spiro atoms. The molecule has 1 saturated heterocycles. The number of halogens is 1. The van der Waals surface area contributed by atoms with E-state index < -0.39 is 0 Å². The van der Waals surface area contributed by atoms with Crippen molar-refractivity contribution in [2.75, 3.05) is 24.8 Å². The van der Waals surface area contributed by atoms with E-state index in [1.807, 2.05) is 24.3 Å². The number of benzene rings is 1. The first kappa shape index (κ1) is 12.6. The Morgan fingerprint density at radius 3 is 3.00 bits per heavy atom. The van der Waals surface area contributed by atoms with Crippen LogP contribution in [0.5, 0.6) is 0 Å². The fourth-order valence-electron chi connectivity index (χ4n) is 1.90. The minimum atomic E-state index is 0.734. The van der Waals surface area contributed by atoms with Gasteiger partial charge in [0.2, 0.25) is 0 Å². The molecular formula is C12H16ClN3S. The van der Waals surface area contributed by atoms with Crippen molar-refractivity contribution in [3.8, 4) is 0 Å². The molecule has 0 radical (unpaired) electrons. The van der Waals surface area contributed by atoms with E-state index >= 15 is 0 Å². The van der Waals surface area contributed by atoms with E-state index in [2.05, 4.69) is 22.0 Å². The van der Waals surface area contributed by atoms with Gasteiger partial charge in [0.05, 0.1) is 13.3 Å². The average molecular weight is 270 g/mol. The molecule has 2 rings (SSSR count). The molecule has 1 heterocycles. The van der Waals surface area contributed by atoms with Gasteiger partial charge in [0.15, 0.2) is 5.11 Å². The molecule has 92 valence electrons. The van der Waals surface area contributed by atoms with Crippen molar-refractivity contribution >= 4 is 34.6 Å². The van der Waals surface area contributed by atoms with Crippen LogP contribution in [0.1, 0.15) is 13.3 Å². The summed E-state index contributed by atoms with van der Waals surface area (Å²) in [6.07, 6.45) is 1.14. The number of anilines is 1. The van der Waals surface area contributed by atoms with E-state index in [9.17, 15) is 0 Å². The van der Waals surface area contributed by atoms with Crippen molar-refractivity contribution in [3.63, 3.8) is 0 Å². The van der Waals surface area contributed by atoms with Gasteiger partial charge < -0.3 is 10.2 Å². The Kier molecular flexibility index (Phi) is 4.20. The fourth-order valence-corrected chi connectivity index (χ4v) is 2.31. The summed E-state index contributed by atoms with van der Waals surface area (Å²) in [6, 6.07) is 7.77. The number of rotatable bonds is 3. The van der Waals surface area contributed by atoms with E-state index in [0.717, 1.165) is 42.1 Å². The third-order valence-corrected chi connectivity index (χ3v) is 3.30. The van der Waals surface area contributed by atoms with Crippen molar-refractivity contribution in [2.24, 2.45) is 0 Å². The highest BCUT2D eigenvalue weighted by molar-refractivity contribution is 7.80. The quantitative estimate of drug-likeness (QED) is 0.850. The normalized spacial score (nSPS) is 17.1. The van der Waals surface area contributed by atoms with Crippen LogP contribution in [0.15, 0.2) is 24.3 Å². The first-order chi connectivity index (χ1) is 8.20. The van der Waals surface area contributed by atoms with Crippen LogP contribution in [0, 0.1) is 0 Å². The Hall–Kier alpha value is -0.840. The smallest absolute Gasteiger partial charge is 0.175 e. The molecule has 1 aromatic rings. The van der Waals surface area contributed by atoms with Crippen LogP contribution in [0.2, 0.25) is 5.02 Å². The molecule has 1 aromatic carbocycles. The zero-order valence-electron chi connectivity index (χ0n) is 9.82. The lowest BCUT2D eigenvalue weighted by atomic mass is 10.3. The lowest BCUT2D eigenvalue weighted by molar-refractivity contribution is 0.261. The van der Waals surface area contributed by atoms with Crippen molar-refractivity contribution in [1.29, 1.82) is 0 Å². The van der Waals surface area contributed by atoms with Gasteiger partial charge in [-0.2, -0.15) is 0 Å². The highest BCUT2D eigenvalue weighted by Gasteiger charge is 2.21.